The van der Waals surface area contributed by atoms with Crippen LogP contribution < -0.4 is 4.90 Å². The van der Waals surface area contributed by atoms with Crippen molar-refractivity contribution >= 4 is 71.7 Å². The quantitative estimate of drug-likeness (QED) is 0.161. The van der Waals surface area contributed by atoms with Gasteiger partial charge in [0.1, 0.15) is 22.3 Å². The molecule has 61 heavy (non-hydrogen) atoms. The van der Waals surface area contributed by atoms with E-state index in [2.05, 4.69) is 205 Å². The van der Waals surface area contributed by atoms with Gasteiger partial charge in [-0.1, -0.05) is 158 Å². The molecule has 0 amide bonds. The fourth-order valence-electron chi connectivity index (χ4n) is 9.06. The van der Waals surface area contributed by atoms with E-state index >= 15 is 0 Å². The second kappa shape index (κ2) is 14.3. The van der Waals surface area contributed by atoms with Gasteiger partial charge < -0.3 is 13.7 Å². The smallest absolute Gasteiger partial charge is 0.136 e. The van der Waals surface area contributed by atoms with Crippen molar-refractivity contribution in [3.8, 4) is 44.5 Å². The molecule has 0 radical (unpaired) electrons. The average molecular weight is 780 g/mol. The van der Waals surface area contributed by atoms with E-state index < -0.39 is 0 Å². The number of hydrogen-bond acceptors (Lipinski definition) is 3. The minimum atomic E-state index is 0.877. The van der Waals surface area contributed by atoms with Crippen LogP contribution in [0.25, 0.3) is 99.2 Å². The Hall–Kier alpha value is -8.14. The predicted molar refractivity (Wildman–Crippen MR) is 255 cm³/mol. The van der Waals surface area contributed by atoms with E-state index in [-0.39, 0.29) is 0 Å². The molecule has 0 spiro atoms. The zero-order chi connectivity index (χ0) is 40.3. The fourth-order valence-corrected chi connectivity index (χ4v) is 9.06. The summed E-state index contributed by atoms with van der Waals surface area (Å²) in [5.41, 5.74) is 16.0. The van der Waals surface area contributed by atoms with Gasteiger partial charge in [0.05, 0.1) is 5.69 Å². The molecule has 12 rings (SSSR count). The van der Waals surface area contributed by atoms with Crippen LogP contribution in [0.15, 0.2) is 233 Å². The Morgan fingerprint density at radius 2 is 0.754 bits per heavy atom. The molecule has 0 atom stereocenters. The summed E-state index contributed by atoms with van der Waals surface area (Å²) in [5.74, 6) is 0. The van der Waals surface area contributed by atoms with Gasteiger partial charge in [0.15, 0.2) is 0 Å². The summed E-state index contributed by atoms with van der Waals surface area (Å²) in [7, 11) is 0. The lowest BCUT2D eigenvalue weighted by molar-refractivity contribution is 0.668. The van der Waals surface area contributed by atoms with Gasteiger partial charge in [-0.25, -0.2) is 0 Å². The Morgan fingerprint density at radius 3 is 1.49 bits per heavy atom. The van der Waals surface area contributed by atoms with Crippen LogP contribution in [-0.4, -0.2) is 0 Å². The van der Waals surface area contributed by atoms with Crippen LogP contribution in [0.5, 0.6) is 0 Å². The first-order valence-corrected chi connectivity index (χ1v) is 20.7. The highest BCUT2D eigenvalue weighted by Gasteiger charge is 2.21. The SMILES string of the molecule is c1ccc(N(c2ccc(-c3ccc(-c4ccc5ccccc5c4)cc3)cc2)c2ccc(-c3ccc4c(c3)oc3ccccc34)cc2)c(-c2cccc3oc4ccccc4c23)c1. The zero-order valence-electron chi connectivity index (χ0n) is 33.1. The minimum Gasteiger partial charge on any atom is -0.456 e. The van der Waals surface area contributed by atoms with Gasteiger partial charge in [-0.15, -0.1) is 0 Å². The molecule has 3 heteroatoms. The molecule has 0 fully saturated rings. The molecule has 0 N–H and O–H groups in total. The van der Waals surface area contributed by atoms with Crippen LogP contribution >= 0.6 is 0 Å². The standard InChI is InChI=1S/C58H37NO2/c1-2-11-43-36-44(25-24-38(43)10-1)41-22-20-39(21-23-41)40-26-31-46(32-27-40)59(47-33-28-42(29-34-47)45-30-35-50-49-13-4-7-17-54(49)61-57(50)37-45)53-16-6-3-12-48(53)51-15-9-19-56-58(51)52-14-5-8-18-55(52)60-56/h1-37H. The largest absolute Gasteiger partial charge is 0.456 e. The number of benzene rings is 10. The molecule has 0 bridgehead atoms. The van der Waals surface area contributed by atoms with Gasteiger partial charge >= 0.3 is 0 Å². The van der Waals surface area contributed by atoms with Gasteiger partial charge in [-0.3, -0.25) is 0 Å². The highest BCUT2D eigenvalue weighted by Crippen LogP contribution is 2.45. The number of fused-ring (bicyclic) bond motifs is 7. The first-order valence-electron chi connectivity index (χ1n) is 20.7. The molecule has 286 valence electrons. The summed E-state index contributed by atoms with van der Waals surface area (Å²) >= 11 is 0. The Morgan fingerprint density at radius 1 is 0.279 bits per heavy atom. The third-order valence-corrected chi connectivity index (χ3v) is 12.1. The first kappa shape index (κ1) is 34.9. The van der Waals surface area contributed by atoms with Gasteiger partial charge in [-0.05, 0) is 116 Å². The molecule has 2 heterocycles. The molecule has 0 aliphatic heterocycles. The van der Waals surface area contributed by atoms with E-state index in [9.17, 15) is 0 Å². The molecule has 12 aromatic rings. The van der Waals surface area contributed by atoms with Crippen LogP contribution in [0.4, 0.5) is 17.1 Å². The molecule has 0 saturated carbocycles. The Balaban J connectivity index is 0.947. The summed E-state index contributed by atoms with van der Waals surface area (Å²) in [6, 6.07) is 80.0. The molecule has 2 aromatic heterocycles. The number of furan rings is 2. The molecule has 3 nitrogen and oxygen atoms in total. The molecule has 10 aromatic carbocycles. The van der Waals surface area contributed by atoms with Crippen molar-refractivity contribution in [2.24, 2.45) is 0 Å². The Bertz CT molecular complexity index is 3580. The van der Waals surface area contributed by atoms with Gasteiger partial charge in [0, 0.05) is 38.5 Å². The maximum absolute atomic E-state index is 6.37. The van der Waals surface area contributed by atoms with Crippen LogP contribution in [0.3, 0.4) is 0 Å². The van der Waals surface area contributed by atoms with Crippen molar-refractivity contribution in [1.29, 1.82) is 0 Å². The lowest BCUT2D eigenvalue weighted by Gasteiger charge is -2.28. The molecular weight excluding hydrogens is 743 g/mol. The topological polar surface area (TPSA) is 29.5 Å². The summed E-state index contributed by atoms with van der Waals surface area (Å²) in [5, 5.41) is 6.99. The molecular formula is C58H37NO2. The molecule has 0 saturated heterocycles. The van der Waals surface area contributed by atoms with Crippen LogP contribution in [0.2, 0.25) is 0 Å². The predicted octanol–water partition coefficient (Wildman–Crippen LogP) is 16.8. The van der Waals surface area contributed by atoms with E-state index in [4.69, 9.17) is 8.83 Å². The fraction of sp³-hybridized carbons (Fsp3) is 0. The second-order valence-electron chi connectivity index (χ2n) is 15.7. The van der Waals surface area contributed by atoms with Crippen LogP contribution in [0, 0.1) is 0 Å². The number of hydrogen-bond donors (Lipinski definition) is 0. The van der Waals surface area contributed by atoms with Gasteiger partial charge in [-0.2, -0.15) is 0 Å². The second-order valence-corrected chi connectivity index (χ2v) is 15.7. The summed E-state index contributed by atoms with van der Waals surface area (Å²) in [6.45, 7) is 0. The average Bonchev–Trinajstić information content (AvgIpc) is 3.91. The van der Waals surface area contributed by atoms with Crippen molar-refractivity contribution < 1.29 is 8.83 Å². The van der Waals surface area contributed by atoms with E-state index in [1.54, 1.807) is 0 Å². The van der Waals surface area contributed by atoms with Gasteiger partial charge in [0.2, 0.25) is 0 Å². The van der Waals surface area contributed by atoms with E-state index in [0.29, 0.717) is 0 Å². The lowest BCUT2D eigenvalue weighted by Crippen LogP contribution is -2.11. The van der Waals surface area contributed by atoms with Crippen LogP contribution in [-0.2, 0) is 0 Å². The first-order chi connectivity index (χ1) is 30.2. The summed E-state index contributed by atoms with van der Waals surface area (Å²) in [6.07, 6.45) is 0. The Kier molecular flexibility index (Phi) is 8.17. The third kappa shape index (κ3) is 6.06. The van der Waals surface area contributed by atoms with Crippen molar-refractivity contribution in [1.82, 2.24) is 0 Å². The molecule has 0 aliphatic rings. The number of anilines is 3. The van der Waals surface area contributed by atoms with E-state index in [1.807, 2.05) is 24.3 Å². The minimum absolute atomic E-state index is 0.877. The van der Waals surface area contributed by atoms with Crippen molar-refractivity contribution in [3.63, 3.8) is 0 Å². The summed E-state index contributed by atoms with van der Waals surface area (Å²) < 4.78 is 12.6. The lowest BCUT2D eigenvalue weighted by atomic mass is 9.96. The van der Waals surface area contributed by atoms with Crippen molar-refractivity contribution in [3.05, 3.63) is 224 Å². The number of nitrogens with zero attached hydrogens (tertiary/aromatic N) is 1. The molecule has 0 aliphatic carbocycles. The van der Waals surface area contributed by atoms with E-state index in [1.165, 1.54) is 27.5 Å². The monoisotopic (exact) mass is 779 g/mol. The van der Waals surface area contributed by atoms with Crippen molar-refractivity contribution in [2.75, 3.05) is 4.90 Å². The normalized spacial score (nSPS) is 11.6. The van der Waals surface area contributed by atoms with Crippen molar-refractivity contribution in [2.45, 2.75) is 0 Å². The van der Waals surface area contributed by atoms with Gasteiger partial charge in [0.25, 0.3) is 0 Å². The summed E-state index contributed by atoms with van der Waals surface area (Å²) in [4.78, 5) is 2.37. The maximum atomic E-state index is 6.37. The van der Waals surface area contributed by atoms with E-state index in [0.717, 1.165) is 88.8 Å². The Labute approximate surface area is 353 Å². The molecule has 0 unspecified atom stereocenters. The zero-order valence-corrected chi connectivity index (χ0v) is 33.1. The maximum Gasteiger partial charge on any atom is 0.136 e. The number of rotatable bonds is 7. The highest BCUT2D eigenvalue weighted by molar-refractivity contribution is 6.14. The van der Waals surface area contributed by atoms with Crippen LogP contribution in [0.1, 0.15) is 0 Å². The number of para-hydroxylation sites is 3. The third-order valence-electron chi connectivity index (χ3n) is 12.1. The highest BCUT2D eigenvalue weighted by atomic mass is 16.3.